The summed E-state index contributed by atoms with van der Waals surface area (Å²) in [6, 6.07) is 0. The Kier molecular flexibility index (Phi) is 5.40. The van der Waals surface area contributed by atoms with E-state index in [2.05, 4.69) is 14.2 Å². The first kappa shape index (κ1) is 11.2. The fourth-order valence-electron chi connectivity index (χ4n) is 0.460. The Balaban J connectivity index is 4.02. The van der Waals surface area contributed by atoms with Gasteiger partial charge in [0.2, 0.25) is 0 Å². The van der Waals surface area contributed by atoms with E-state index in [9.17, 15) is 9.59 Å². The van der Waals surface area contributed by atoms with Crippen LogP contribution in [0.25, 0.3) is 0 Å². The number of rotatable bonds is 5. The van der Waals surface area contributed by atoms with Crippen LogP contribution < -0.4 is 0 Å². The first-order valence-corrected chi connectivity index (χ1v) is 3.52. The van der Waals surface area contributed by atoms with E-state index in [1.165, 1.54) is 6.92 Å². The first-order chi connectivity index (χ1) is 5.61. The van der Waals surface area contributed by atoms with Crippen LogP contribution >= 0.6 is 11.6 Å². The summed E-state index contributed by atoms with van der Waals surface area (Å²) < 4.78 is 13.2. The minimum atomic E-state index is -1.39. The molecule has 12 heavy (non-hydrogen) atoms. The third kappa shape index (κ3) is 4.15. The minimum Gasteiger partial charge on any atom is -0.464 e. The molecule has 0 spiro atoms. The second kappa shape index (κ2) is 5.79. The molecule has 0 aliphatic carbocycles. The van der Waals surface area contributed by atoms with Crippen LogP contribution in [0.1, 0.15) is 6.92 Å². The number of halogens is 1. The number of esters is 1. The molecule has 0 rings (SSSR count). The average molecular weight is 197 g/mol. The topological polar surface area (TPSA) is 61.8 Å². The molecule has 0 radical (unpaired) electrons. The summed E-state index contributed by atoms with van der Waals surface area (Å²) in [6.07, 6.45) is -1.39. The molecule has 2 atom stereocenters. The Morgan fingerprint density at radius 3 is 2.50 bits per heavy atom. The molecule has 70 valence electrons. The molecular weight excluding hydrogens is 188 g/mol. The van der Waals surface area contributed by atoms with Crippen LogP contribution in [0.2, 0.25) is 0 Å². The molecule has 6 heteroatoms. The van der Waals surface area contributed by atoms with Crippen molar-refractivity contribution in [1.82, 2.24) is 0 Å². The van der Waals surface area contributed by atoms with Crippen molar-refractivity contribution in [2.24, 2.45) is 0 Å². The highest BCUT2D eigenvalue weighted by atomic mass is 35.5. The fraction of sp³-hybridized carbons (Fsp3) is 0.667. The summed E-state index contributed by atoms with van der Waals surface area (Å²) in [7, 11) is 1.14. The van der Waals surface area contributed by atoms with E-state index < -0.39 is 17.8 Å². The van der Waals surface area contributed by atoms with Crippen LogP contribution in [0.4, 0.5) is 0 Å². The van der Waals surface area contributed by atoms with Gasteiger partial charge in [0.1, 0.15) is 5.56 Å². The molecule has 5 nitrogen and oxygen atoms in total. The molecule has 0 N–H and O–H groups in total. The van der Waals surface area contributed by atoms with Crippen molar-refractivity contribution in [2.45, 2.75) is 18.8 Å². The largest absolute Gasteiger partial charge is 0.464 e. The summed E-state index contributed by atoms with van der Waals surface area (Å²) in [5.74, 6) is -0.811. The highest BCUT2D eigenvalue weighted by Gasteiger charge is 2.22. The molecule has 2 unspecified atom stereocenters. The predicted octanol–water partition coefficient (Wildman–Crippen LogP) is 0.260. The highest BCUT2D eigenvalue weighted by Crippen LogP contribution is 2.04. The normalized spacial score (nSPS) is 14.6. The van der Waals surface area contributed by atoms with Gasteiger partial charge < -0.3 is 14.2 Å². The standard InChI is InChI=1S/C6H9ClO5/c1-4(7)12-6(11-3-8)5(9)10-2/h3-4,6H,1-2H3. The second-order valence-corrected chi connectivity index (χ2v) is 2.38. The van der Waals surface area contributed by atoms with Crippen molar-refractivity contribution in [3.8, 4) is 0 Å². The molecule has 0 fully saturated rings. The van der Waals surface area contributed by atoms with Gasteiger partial charge in [0, 0.05) is 0 Å². The zero-order valence-corrected chi connectivity index (χ0v) is 7.41. The zero-order chi connectivity index (χ0) is 9.56. The molecular formula is C6H9ClO5. The summed E-state index contributed by atoms with van der Waals surface area (Å²) in [5.41, 5.74) is -0.742. The van der Waals surface area contributed by atoms with E-state index in [0.717, 1.165) is 7.11 Å². The molecule has 0 amide bonds. The SMILES string of the molecule is COC(=O)C(OC=O)OC(C)Cl. The van der Waals surface area contributed by atoms with Crippen molar-refractivity contribution in [1.29, 1.82) is 0 Å². The average Bonchev–Trinajstić information content (AvgIpc) is 2.01. The van der Waals surface area contributed by atoms with Gasteiger partial charge in [0.25, 0.3) is 6.47 Å². The fourth-order valence-corrected chi connectivity index (χ4v) is 0.554. The number of ether oxygens (including phenoxy) is 3. The van der Waals surface area contributed by atoms with Gasteiger partial charge in [-0.1, -0.05) is 11.6 Å². The van der Waals surface area contributed by atoms with Crippen LogP contribution in [0.5, 0.6) is 0 Å². The maximum Gasteiger partial charge on any atom is 0.376 e. The molecule has 0 aromatic heterocycles. The highest BCUT2D eigenvalue weighted by molar-refractivity contribution is 6.19. The van der Waals surface area contributed by atoms with Crippen LogP contribution in [-0.4, -0.2) is 31.4 Å². The smallest absolute Gasteiger partial charge is 0.376 e. The molecule has 0 aromatic rings. The summed E-state index contributed by atoms with van der Waals surface area (Å²) in [4.78, 5) is 20.6. The number of hydrogen-bond acceptors (Lipinski definition) is 5. The first-order valence-electron chi connectivity index (χ1n) is 3.08. The van der Waals surface area contributed by atoms with E-state index in [4.69, 9.17) is 11.6 Å². The Labute approximate surface area is 74.5 Å². The Morgan fingerprint density at radius 1 is 1.58 bits per heavy atom. The number of hydrogen-bond donors (Lipinski definition) is 0. The van der Waals surface area contributed by atoms with Gasteiger partial charge in [-0.25, -0.2) is 4.79 Å². The lowest BCUT2D eigenvalue weighted by molar-refractivity contribution is -0.193. The number of alkyl halides is 1. The molecule has 0 heterocycles. The van der Waals surface area contributed by atoms with E-state index in [1.807, 2.05) is 0 Å². The van der Waals surface area contributed by atoms with Crippen LogP contribution in [0.15, 0.2) is 0 Å². The van der Waals surface area contributed by atoms with Crippen molar-refractivity contribution in [3.63, 3.8) is 0 Å². The second-order valence-electron chi connectivity index (χ2n) is 1.77. The van der Waals surface area contributed by atoms with Crippen molar-refractivity contribution < 1.29 is 23.8 Å². The van der Waals surface area contributed by atoms with Gasteiger partial charge in [-0.05, 0) is 6.92 Å². The van der Waals surface area contributed by atoms with Gasteiger partial charge >= 0.3 is 12.3 Å². The van der Waals surface area contributed by atoms with Crippen LogP contribution in [0, 0.1) is 0 Å². The predicted molar refractivity (Wildman–Crippen MR) is 39.4 cm³/mol. The number of methoxy groups -OCH3 is 1. The number of carbonyl (C=O) groups excluding carboxylic acids is 2. The Bertz CT molecular complexity index is 158. The molecule has 0 aromatic carbocycles. The molecule has 0 saturated heterocycles. The molecule has 0 aliphatic rings. The van der Waals surface area contributed by atoms with Crippen molar-refractivity contribution in [3.05, 3.63) is 0 Å². The van der Waals surface area contributed by atoms with Gasteiger partial charge in [0.15, 0.2) is 0 Å². The van der Waals surface area contributed by atoms with Crippen LogP contribution in [-0.2, 0) is 23.8 Å². The van der Waals surface area contributed by atoms with Gasteiger partial charge in [-0.3, -0.25) is 4.79 Å². The molecule has 0 saturated carbocycles. The summed E-state index contributed by atoms with van der Waals surface area (Å²) in [5, 5.41) is 0. The number of carbonyl (C=O) groups is 2. The molecule has 0 bridgehead atoms. The third-order valence-electron chi connectivity index (χ3n) is 0.884. The van der Waals surface area contributed by atoms with E-state index in [0.29, 0.717) is 0 Å². The zero-order valence-electron chi connectivity index (χ0n) is 6.65. The maximum atomic E-state index is 10.7. The summed E-state index contributed by atoms with van der Waals surface area (Å²) >= 11 is 5.38. The minimum absolute atomic E-state index is 0.0842. The van der Waals surface area contributed by atoms with Crippen molar-refractivity contribution in [2.75, 3.05) is 7.11 Å². The maximum absolute atomic E-state index is 10.7. The quantitative estimate of drug-likeness (QED) is 0.273. The molecule has 0 aliphatic heterocycles. The van der Waals surface area contributed by atoms with E-state index >= 15 is 0 Å². The van der Waals surface area contributed by atoms with E-state index in [-0.39, 0.29) is 6.47 Å². The van der Waals surface area contributed by atoms with Crippen LogP contribution in [0.3, 0.4) is 0 Å². The Morgan fingerprint density at radius 2 is 2.17 bits per heavy atom. The lowest BCUT2D eigenvalue weighted by Gasteiger charge is -2.14. The lowest BCUT2D eigenvalue weighted by atomic mass is 10.6. The monoisotopic (exact) mass is 196 g/mol. The lowest BCUT2D eigenvalue weighted by Crippen LogP contribution is -2.30. The van der Waals surface area contributed by atoms with Gasteiger partial charge in [-0.15, -0.1) is 0 Å². The van der Waals surface area contributed by atoms with Gasteiger partial charge in [0.05, 0.1) is 7.11 Å². The van der Waals surface area contributed by atoms with Crippen molar-refractivity contribution >= 4 is 24.0 Å². The van der Waals surface area contributed by atoms with Gasteiger partial charge in [-0.2, -0.15) is 0 Å². The Hall–Kier alpha value is -0.810. The third-order valence-corrected chi connectivity index (χ3v) is 0.987. The van der Waals surface area contributed by atoms with E-state index in [1.54, 1.807) is 0 Å². The summed E-state index contributed by atoms with van der Waals surface area (Å²) in [6.45, 7) is 1.56.